The number of ether oxygens (including phenoxy) is 2. The van der Waals surface area contributed by atoms with E-state index in [2.05, 4.69) is 4.74 Å². The quantitative estimate of drug-likeness (QED) is 0.754. The molecule has 0 radical (unpaired) electrons. The molecule has 1 N–H and O–H groups in total. The molecule has 2 rings (SSSR count). The van der Waals surface area contributed by atoms with Crippen LogP contribution in [0.15, 0.2) is 48.5 Å². The first-order chi connectivity index (χ1) is 11.6. The van der Waals surface area contributed by atoms with Crippen molar-refractivity contribution in [2.45, 2.75) is 32.0 Å². The van der Waals surface area contributed by atoms with Crippen LogP contribution in [0.3, 0.4) is 0 Å². The van der Waals surface area contributed by atoms with Crippen LogP contribution in [0.2, 0.25) is 0 Å². The molecule has 0 aliphatic heterocycles. The van der Waals surface area contributed by atoms with Gasteiger partial charge in [0.2, 0.25) is 0 Å². The third kappa shape index (κ3) is 5.66. The van der Waals surface area contributed by atoms with Gasteiger partial charge in [0.15, 0.2) is 6.10 Å². The third-order valence-electron chi connectivity index (χ3n) is 3.66. The van der Waals surface area contributed by atoms with E-state index in [4.69, 9.17) is 4.74 Å². The maximum Gasteiger partial charge on any atom is 0.334 e. The number of benzene rings is 2. The first-order valence-electron chi connectivity index (χ1n) is 7.80. The van der Waals surface area contributed by atoms with Gasteiger partial charge < -0.3 is 14.6 Å². The van der Waals surface area contributed by atoms with Crippen molar-refractivity contribution in [3.63, 3.8) is 0 Å². The Morgan fingerprint density at radius 2 is 1.71 bits per heavy atom. The maximum atomic E-state index is 12.8. The lowest BCUT2D eigenvalue weighted by atomic mass is 10.1. The molecule has 0 aliphatic rings. The summed E-state index contributed by atoms with van der Waals surface area (Å²) in [6.07, 6.45) is 0.752. The van der Waals surface area contributed by atoms with E-state index < -0.39 is 12.1 Å². The van der Waals surface area contributed by atoms with Crippen LogP contribution in [0.4, 0.5) is 4.39 Å². The molecule has 0 aliphatic carbocycles. The molecule has 5 heteroatoms. The highest BCUT2D eigenvalue weighted by Gasteiger charge is 2.14. The van der Waals surface area contributed by atoms with Crippen molar-refractivity contribution in [1.82, 2.24) is 0 Å². The van der Waals surface area contributed by atoms with Gasteiger partial charge in [0, 0.05) is 0 Å². The summed E-state index contributed by atoms with van der Waals surface area (Å²) in [5, 5.41) is 9.52. The Morgan fingerprint density at radius 3 is 2.33 bits per heavy atom. The normalized spacial score (nSPS) is 11.8. The standard InChI is InChI=1S/C19H21FO4/c1-23-19(22)18(21)4-2-3-14-7-11-17(12-8-14)24-13-15-5-9-16(20)10-6-15/h5-12,18,21H,2-4,13H2,1H3. The lowest BCUT2D eigenvalue weighted by Crippen LogP contribution is -2.21. The van der Waals surface area contributed by atoms with Gasteiger partial charge in [-0.3, -0.25) is 0 Å². The predicted octanol–water partition coefficient (Wildman–Crippen LogP) is 3.26. The van der Waals surface area contributed by atoms with Crippen LogP contribution in [0.1, 0.15) is 24.0 Å². The van der Waals surface area contributed by atoms with Gasteiger partial charge >= 0.3 is 5.97 Å². The van der Waals surface area contributed by atoms with E-state index in [-0.39, 0.29) is 5.82 Å². The van der Waals surface area contributed by atoms with E-state index in [1.54, 1.807) is 12.1 Å². The second kappa shape index (κ2) is 9.03. The summed E-state index contributed by atoms with van der Waals surface area (Å²) < 4.78 is 23.0. The molecule has 0 heterocycles. The molecule has 0 bridgehead atoms. The van der Waals surface area contributed by atoms with Crippen molar-refractivity contribution in [2.24, 2.45) is 0 Å². The van der Waals surface area contributed by atoms with Gasteiger partial charge in [-0.2, -0.15) is 0 Å². The van der Waals surface area contributed by atoms with Crippen LogP contribution < -0.4 is 4.74 Å². The number of rotatable bonds is 8. The molecule has 4 nitrogen and oxygen atoms in total. The second-order valence-corrected chi connectivity index (χ2v) is 5.49. The highest BCUT2D eigenvalue weighted by Crippen LogP contribution is 2.16. The number of hydrogen-bond donors (Lipinski definition) is 1. The Kier molecular flexibility index (Phi) is 6.75. The molecule has 0 saturated heterocycles. The van der Waals surface area contributed by atoms with Gasteiger partial charge in [-0.05, 0) is 54.7 Å². The fourth-order valence-electron chi connectivity index (χ4n) is 2.25. The Bertz CT molecular complexity index is 637. The average Bonchev–Trinajstić information content (AvgIpc) is 2.61. The van der Waals surface area contributed by atoms with Crippen molar-refractivity contribution in [1.29, 1.82) is 0 Å². The molecule has 0 amide bonds. The highest BCUT2D eigenvalue weighted by atomic mass is 19.1. The number of hydrogen-bond acceptors (Lipinski definition) is 4. The molecule has 1 unspecified atom stereocenters. The summed E-state index contributed by atoms with van der Waals surface area (Å²) in [5.74, 6) is -0.127. The van der Waals surface area contributed by atoms with Crippen molar-refractivity contribution < 1.29 is 23.8 Å². The molecular weight excluding hydrogens is 311 g/mol. The summed E-state index contributed by atoms with van der Waals surface area (Å²) in [6, 6.07) is 13.8. The Hall–Kier alpha value is -2.40. The zero-order chi connectivity index (χ0) is 17.4. The zero-order valence-corrected chi connectivity index (χ0v) is 13.6. The molecule has 0 spiro atoms. The van der Waals surface area contributed by atoms with Crippen LogP contribution in [-0.2, 0) is 22.6 Å². The largest absolute Gasteiger partial charge is 0.489 e. The summed E-state index contributed by atoms with van der Waals surface area (Å²) in [6.45, 7) is 0.380. The van der Waals surface area contributed by atoms with Crippen molar-refractivity contribution in [2.75, 3.05) is 7.11 Å². The first kappa shape index (κ1) is 17.9. The SMILES string of the molecule is COC(=O)C(O)CCCc1ccc(OCc2ccc(F)cc2)cc1. The molecule has 0 fully saturated rings. The number of aliphatic hydroxyl groups is 1. The third-order valence-corrected chi connectivity index (χ3v) is 3.66. The minimum absolute atomic E-state index is 0.263. The van der Waals surface area contributed by atoms with Gasteiger partial charge in [-0.25, -0.2) is 9.18 Å². The number of aryl methyl sites for hydroxylation is 1. The monoisotopic (exact) mass is 332 g/mol. The van der Waals surface area contributed by atoms with E-state index in [1.165, 1.54) is 19.2 Å². The molecule has 1 atom stereocenters. The zero-order valence-electron chi connectivity index (χ0n) is 13.6. The average molecular weight is 332 g/mol. The summed E-state index contributed by atoms with van der Waals surface area (Å²) in [5.41, 5.74) is 2.00. The summed E-state index contributed by atoms with van der Waals surface area (Å²) >= 11 is 0. The number of halogens is 1. The first-order valence-corrected chi connectivity index (χ1v) is 7.80. The van der Waals surface area contributed by atoms with Gasteiger partial charge in [-0.1, -0.05) is 24.3 Å². The van der Waals surface area contributed by atoms with E-state index in [9.17, 15) is 14.3 Å². The number of aliphatic hydroxyl groups excluding tert-OH is 1. The lowest BCUT2D eigenvalue weighted by Gasteiger charge is -2.09. The van der Waals surface area contributed by atoms with E-state index in [0.717, 1.165) is 23.3 Å². The number of carbonyl (C=O) groups is 1. The van der Waals surface area contributed by atoms with Crippen LogP contribution in [0, 0.1) is 5.82 Å². The molecular formula is C19H21FO4. The van der Waals surface area contributed by atoms with Crippen LogP contribution in [-0.4, -0.2) is 24.3 Å². The molecule has 24 heavy (non-hydrogen) atoms. The van der Waals surface area contributed by atoms with Crippen LogP contribution >= 0.6 is 0 Å². The van der Waals surface area contributed by atoms with Crippen LogP contribution in [0.5, 0.6) is 5.75 Å². The van der Waals surface area contributed by atoms with Gasteiger partial charge in [0.25, 0.3) is 0 Å². The maximum absolute atomic E-state index is 12.8. The molecule has 2 aromatic carbocycles. The number of esters is 1. The molecule has 128 valence electrons. The minimum Gasteiger partial charge on any atom is -0.489 e. The van der Waals surface area contributed by atoms with Crippen molar-refractivity contribution >= 4 is 5.97 Å². The molecule has 2 aromatic rings. The Balaban J connectivity index is 1.76. The fourth-order valence-corrected chi connectivity index (χ4v) is 2.25. The minimum atomic E-state index is -1.06. The molecule has 0 saturated carbocycles. The highest BCUT2D eigenvalue weighted by molar-refractivity contribution is 5.74. The summed E-state index contributed by atoms with van der Waals surface area (Å²) in [4.78, 5) is 11.1. The lowest BCUT2D eigenvalue weighted by molar-refractivity contribution is -0.150. The van der Waals surface area contributed by atoms with E-state index >= 15 is 0 Å². The number of methoxy groups -OCH3 is 1. The van der Waals surface area contributed by atoms with Crippen molar-refractivity contribution in [3.8, 4) is 5.75 Å². The number of carbonyl (C=O) groups excluding carboxylic acids is 1. The van der Waals surface area contributed by atoms with Crippen LogP contribution in [0.25, 0.3) is 0 Å². The van der Waals surface area contributed by atoms with Gasteiger partial charge in [0.1, 0.15) is 18.2 Å². The fraction of sp³-hybridized carbons (Fsp3) is 0.316. The van der Waals surface area contributed by atoms with Gasteiger partial charge in [-0.15, -0.1) is 0 Å². The predicted molar refractivity (Wildman–Crippen MR) is 88.1 cm³/mol. The van der Waals surface area contributed by atoms with E-state index in [0.29, 0.717) is 19.4 Å². The molecule has 0 aromatic heterocycles. The topological polar surface area (TPSA) is 55.8 Å². The van der Waals surface area contributed by atoms with Crippen molar-refractivity contribution in [3.05, 3.63) is 65.5 Å². The van der Waals surface area contributed by atoms with Gasteiger partial charge in [0.05, 0.1) is 7.11 Å². The Morgan fingerprint density at radius 1 is 1.08 bits per heavy atom. The second-order valence-electron chi connectivity index (χ2n) is 5.49. The van der Waals surface area contributed by atoms with E-state index in [1.807, 2.05) is 24.3 Å². The smallest absolute Gasteiger partial charge is 0.334 e. The summed E-state index contributed by atoms with van der Waals surface area (Å²) in [7, 11) is 1.26. The Labute approximate surface area is 140 Å².